The molecule has 1 rings (SSSR count). The van der Waals surface area contributed by atoms with Crippen LogP contribution in [-0.2, 0) is 0 Å². The summed E-state index contributed by atoms with van der Waals surface area (Å²) >= 11 is 0. The van der Waals surface area contributed by atoms with Gasteiger partial charge in [-0.25, -0.2) is 4.79 Å². The Hall–Kier alpha value is -0.850. The average Bonchev–Trinajstić information content (AvgIpc) is 2.46. The quantitative estimate of drug-likeness (QED) is 0.617. The minimum Gasteiger partial charge on any atom is -0.396 e. The summed E-state index contributed by atoms with van der Waals surface area (Å²) in [4.78, 5) is 16.5. The normalized spacial score (nSPS) is 17.7. The molecule has 1 aliphatic heterocycles. The maximum absolute atomic E-state index is 11.8. The van der Waals surface area contributed by atoms with Crippen LogP contribution in [0.1, 0.15) is 33.1 Å². The van der Waals surface area contributed by atoms with Crippen molar-refractivity contribution in [3.05, 3.63) is 0 Å². The number of nitrogens with one attached hydrogen (secondary N) is 2. The highest BCUT2D eigenvalue weighted by Crippen LogP contribution is 2.17. The first kappa shape index (κ1) is 19.2. The lowest BCUT2D eigenvalue weighted by Gasteiger charge is -2.35. The van der Waals surface area contributed by atoms with E-state index in [4.69, 9.17) is 5.11 Å². The van der Waals surface area contributed by atoms with E-state index in [9.17, 15) is 4.79 Å². The van der Waals surface area contributed by atoms with E-state index in [-0.39, 0.29) is 18.1 Å². The zero-order valence-corrected chi connectivity index (χ0v) is 14.7. The van der Waals surface area contributed by atoms with Crippen molar-refractivity contribution >= 4 is 6.03 Å². The summed E-state index contributed by atoms with van der Waals surface area (Å²) in [5.41, 5.74) is -0.0693. The molecule has 0 saturated carbocycles. The summed E-state index contributed by atoms with van der Waals surface area (Å²) < 4.78 is 0. The fraction of sp³-hybridized carbons (Fsp3) is 0.938. The smallest absolute Gasteiger partial charge is 0.314 e. The third kappa shape index (κ3) is 7.42. The first-order chi connectivity index (χ1) is 10.3. The molecule has 0 aromatic rings. The molecule has 6 nitrogen and oxygen atoms in total. The molecule has 0 unspecified atom stereocenters. The van der Waals surface area contributed by atoms with Crippen LogP contribution in [0.4, 0.5) is 4.79 Å². The highest BCUT2D eigenvalue weighted by molar-refractivity contribution is 5.73. The van der Waals surface area contributed by atoms with Crippen LogP contribution in [0.2, 0.25) is 0 Å². The van der Waals surface area contributed by atoms with Gasteiger partial charge in [-0.1, -0.05) is 13.8 Å². The minimum atomic E-state index is -0.116. The van der Waals surface area contributed by atoms with Crippen molar-refractivity contribution in [1.29, 1.82) is 0 Å². The molecule has 0 atom stereocenters. The molecule has 130 valence electrons. The number of hydrogen-bond acceptors (Lipinski definition) is 4. The SMILES string of the molecule is CN(C)C1CCN(CCNC(=O)NCC(C)(C)CCO)CC1. The first-order valence-electron chi connectivity index (χ1n) is 8.35. The highest BCUT2D eigenvalue weighted by Gasteiger charge is 2.20. The van der Waals surface area contributed by atoms with E-state index in [1.54, 1.807) is 0 Å². The van der Waals surface area contributed by atoms with Crippen LogP contribution < -0.4 is 10.6 Å². The zero-order chi connectivity index (χ0) is 16.6. The number of aliphatic hydroxyl groups is 1. The van der Waals surface area contributed by atoms with Crippen molar-refractivity contribution in [2.24, 2.45) is 5.41 Å². The van der Waals surface area contributed by atoms with Gasteiger partial charge in [-0.3, -0.25) is 0 Å². The highest BCUT2D eigenvalue weighted by atomic mass is 16.3. The van der Waals surface area contributed by atoms with Crippen LogP contribution in [0, 0.1) is 5.41 Å². The molecule has 2 amide bonds. The molecule has 0 aromatic heterocycles. The van der Waals surface area contributed by atoms with Crippen LogP contribution in [0.15, 0.2) is 0 Å². The maximum atomic E-state index is 11.8. The van der Waals surface area contributed by atoms with Crippen molar-refractivity contribution < 1.29 is 9.90 Å². The van der Waals surface area contributed by atoms with Gasteiger partial charge in [0.2, 0.25) is 0 Å². The minimum absolute atomic E-state index is 0.0693. The summed E-state index contributed by atoms with van der Waals surface area (Å²) in [6.45, 7) is 8.61. The Morgan fingerprint density at radius 2 is 1.91 bits per heavy atom. The van der Waals surface area contributed by atoms with Crippen LogP contribution in [0.5, 0.6) is 0 Å². The summed E-state index contributed by atoms with van der Waals surface area (Å²) in [6.07, 6.45) is 3.09. The van der Waals surface area contributed by atoms with E-state index < -0.39 is 0 Å². The summed E-state index contributed by atoms with van der Waals surface area (Å²) in [5, 5.41) is 14.8. The van der Waals surface area contributed by atoms with Gasteiger partial charge in [-0.15, -0.1) is 0 Å². The Labute approximate surface area is 135 Å². The summed E-state index contributed by atoms with van der Waals surface area (Å²) in [6, 6.07) is 0.579. The average molecular weight is 314 g/mol. The lowest BCUT2D eigenvalue weighted by molar-refractivity contribution is 0.145. The number of likely N-dealkylation sites (tertiary alicyclic amines) is 1. The molecule has 6 heteroatoms. The monoisotopic (exact) mass is 314 g/mol. The fourth-order valence-corrected chi connectivity index (χ4v) is 2.76. The predicted molar refractivity (Wildman–Crippen MR) is 90.0 cm³/mol. The van der Waals surface area contributed by atoms with Crippen molar-refractivity contribution in [3.63, 3.8) is 0 Å². The Morgan fingerprint density at radius 3 is 2.45 bits per heavy atom. The van der Waals surface area contributed by atoms with Gasteiger partial charge >= 0.3 is 6.03 Å². The molecule has 3 N–H and O–H groups in total. The van der Waals surface area contributed by atoms with Crippen molar-refractivity contribution in [2.75, 3.05) is 53.4 Å². The molecule has 0 aromatic carbocycles. The van der Waals surface area contributed by atoms with Crippen molar-refractivity contribution in [2.45, 2.75) is 39.2 Å². The summed E-state index contributed by atoms with van der Waals surface area (Å²) in [7, 11) is 4.29. The van der Waals surface area contributed by atoms with Crippen LogP contribution >= 0.6 is 0 Å². The number of rotatable bonds is 8. The van der Waals surface area contributed by atoms with Gasteiger partial charge in [0.25, 0.3) is 0 Å². The Bertz CT molecular complexity index is 326. The van der Waals surface area contributed by atoms with E-state index in [1.165, 1.54) is 12.8 Å². The van der Waals surface area contributed by atoms with Gasteiger partial charge in [0.1, 0.15) is 0 Å². The van der Waals surface area contributed by atoms with E-state index in [1.807, 2.05) is 13.8 Å². The lowest BCUT2D eigenvalue weighted by Crippen LogP contribution is -2.46. The van der Waals surface area contributed by atoms with Crippen LogP contribution in [-0.4, -0.2) is 80.4 Å². The molecular formula is C16H34N4O2. The molecule has 0 aliphatic carbocycles. The predicted octanol–water partition coefficient (Wildman–Crippen LogP) is 0.720. The second-order valence-electron chi connectivity index (χ2n) is 7.28. The molecule has 1 heterocycles. The van der Waals surface area contributed by atoms with Gasteiger partial charge < -0.3 is 25.5 Å². The van der Waals surface area contributed by atoms with Gasteiger partial charge in [0, 0.05) is 32.3 Å². The van der Waals surface area contributed by atoms with E-state index in [0.717, 1.165) is 19.6 Å². The number of carbonyl (C=O) groups is 1. The fourth-order valence-electron chi connectivity index (χ4n) is 2.76. The molecular weight excluding hydrogens is 280 g/mol. The van der Waals surface area contributed by atoms with Crippen molar-refractivity contribution in [3.8, 4) is 0 Å². The zero-order valence-electron chi connectivity index (χ0n) is 14.7. The van der Waals surface area contributed by atoms with Crippen LogP contribution in [0.3, 0.4) is 0 Å². The number of urea groups is 1. The van der Waals surface area contributed by atoms with Gasteiger partial charge in [-0.2, -0.15) is 0 Å². The van der Waals surface area contributed by atoms with E-state index >= 15 is 0 Å². The van der Waals surface area contributed by atoms with Gasteiger partial charge in [0.05, 0.1) is 0 Å². The third-order valence-electron chi connectivity index (χ3n) is 4.52. The maximum Gasteiger partial charge on any atom is 0.314 e. The van der Waals surface area contributed by atoms with Crippen molar-refractivity contribution in [1.82, 2.24) is 20.4 Å². The number of piperidine rings is 1. The summed E-state index contributed by atoms with van der Waals surface area (Å²) in [5.74, 6) is 0. The number of hydrogen-bond donors (Lipinski definition) is 3. The lowest BCUT2D eigenvalue weighted by atomic mass is 9.90. The molecule has 22 heavy (non-hydrogen) atoms. The number of amides is 2. The van der Waals surface area contributed by atoms with E-state index in [2.05, 4.69) is 34.5 Å². The van der Waals surface area contributed by atoms with Gasteiger partial charge in [-0.05, 0) is 51.9 Å². The number of nitrogens with zero attached hydrogens (tertiary/aromatic N) is 2. The van der Waals surface area contributed by atoms with E-state index in [0.29, 0.717) is 25.6 Å². The van der Waals surface area contributed by atoms with Gasteiger partial charge in [0.15, 0.2) is 0 Å². The molecule has 0 radical (unpaired) electrons. The number of carbonyl (C=O) groups excluding carboxylic acids is 1. The van der Waals surface area contributed by atoms with Crippen LogP contribution in [0.25, 0.3) is 0 Å². The molecule has 0 bridgehead atoms. The third-order valence-corrected chi connectivity index (χ3v) is 4.52. The molecule has 0 spiro atoms. The standard InChI is InChI=1S/C16H34N4O2/c1-16(2,7-12-21)13-18-15(22)17-8-11-20-9-5-14(6-10-20)19(3)4/h14,21H,5-13H2,1-4H3,(H2,17,18,22). The molecule has 1 saturated heterocycles. The largest absolute Gasteiger partial charge is 0.396 e. The number of aliphatic hydroxyl groups excluding tert-OH is 1. The molecule has 1 aliphatic rings. The Morgan fingerprint density at radius 1 is 1.27 bits per heavy atom. The topological polar surface area (TPSA) is 67.8 Å². The Kier molecular flexibility index (Phi) is 8.14. The Balaban J connectivity index is 2.11. The molecule has 1 fully saturated rings. The second-order valence-corrected chi connectivity index (χ2v) is 7.28. The second kappa shape index (κ2) is 9.33. The first-order valence-corrected chi connectivity index (χ1v) is 8.35.